The van der Waals surface area contributed by atoms with Gasteiger partial charge in [-0.3, -0.25) is 14.5 Å². The maximum Gasteiger partial charge on any atom is 0.228 e. The number of hydrogen-bond donors (Lipinski definition) is 2. The molecule has 1 aliphatic rings. The van der Waals surface area contributed by atoms with E-state index in [4.69, 9.17) is 5.73 Å². The van der Waals surface area contributed by atoms with Crippen LogP contribution in [0.5, 0.6) is 0 Å². The van der Waals surface area contributed by atoms with Crippen molar-refractivity contribution >= 4 is 17.5 Å². The van der Waals surface area contributed by atoms with Crippen LogP contribution in [0.3, 0.4) is 0 Å². The molecule has 0 radical (unpaired) electrons. The standard InChI is InChI=1S/C22H27N3O2/c1-16-4-6-17(7-5-16)13-21(26)24-20-10-8-18(9-11-20)14-25-12-2-3-19(15-25)22(23)27/h4-11,19H,2-3,12-15H2,1H3,(H2,23,27)(H,24,26). The van der Waals surface area contributed by atoms with E-state index < -0.39 is 0 Å². The van der Waals surface area contributed by atoms with Crippen molar-refractivity contribution in [3.05, 3.63) is 65.2 Å². The molecule has 0 spiro atoms. The van der Waals surface area contributed by atoms with Crippen LogP contribution in [-0.4, -0.2) is 29.8 Å². The first-order chi connectivity index (χ1) is 13.0. The van der Waals surface area contributed by atoms with E-state index in [1.54, 1.807) is 0 Å². The minimum atomic E-state index is -0.202. The highest BCUT2D eigenvalue weighted by Crippen LogP contribution is 2.19. The van der Waals surface area contributed by atoms with Crippen LogP contribution in [0.4, 0.5) is 5.69 Å². The van der Waals surface area contributed by atoms with Crippen molar-refractivity contribution in [2.45, 2.75) is 32.7 Å². The van der Waals surface area contributed by atoms with Crippen molar-refractivity contribution in [3.63, 3.8) is 0 Å². The Morgan fingerprint density at radius 3 is 2.41 bits per heavy atom. The number of primary amides is 1. The van der Waals surface area contributed by atoms with Crippen molar-refractivity contribution in [3.8, 4) is 0 Å². The molecule has 1 saturated heterocycles. The Bertz CT molecular complexity index is 784. The van der Waals surface area contributed by atoms with Gasteiger partial charge in [-0.05, 0) is 49.6 Å². The summed E-state index contributed by atoms with van der Waals surface area (Å²) < 4.78 is 0. The molecule has 0 bridgehead atoms. The summed E-state index contributed by atoms with van der Waals surface area (Å²) in [6, 6.07) is 15.9. The van der Waals surface area contributed by atoms with Crippen molar-refractivity contribution in [1.29, 1.82) is 0 Å². The smallest absolute Gasteiger partial charge is 0.228 e. The summed E-state index contributed by atoms with van der Waals surface area (Å²) in [7, 11) is 0. The Morgan fingerprint density at radius 1 is 1.07 bits per heavy atom. The fraction of sp³-hybridized carbons (Fsp3) is 0.364. The maximum absolute atomic E-state index is 12.2. The molecule has 1 atom stereocenters. The largest absolute Gasteiger partial charge is 0.369 e. The summed E-state index contributed by atoms with van der Waals surface area (Å²) >= 11 is 0. The molecule has 1 unspecified atom stereocenters. The number of anilines is 1. The lowest BCUT2D eigenvalue weighted by Gasteiger charge is -2.31. The first-order valence-electron chi connectivity index (χ1n) is 9.45. The van der Waals surface area contributed by atoms with Gasteiger partial charge >= 0.3 is 0 Å². The molecule has 2 amide bonds. The Balaban J connectivity index is 1.51. The average molecular weight is 365 g/mol. The van der Waals surface area contributed by atoms with Gasteiger partial charge in [-0.25, -0.2) is 0 Å². The predicted octanol–water partition coefficient (Wildman–Crippen LogP) is 2.87. The lowest BCUT2D eigenvalue weighted by molar-refractivity contribution is -0.123. The van der Waals surface area contributed by atoms with Crippen LogP contribution in [0.15, 0.2) is 48.5 Å². The Labute approximate surface area is 160 Å². The molecule has 142 valence electrons. The normalized spacial score (nSPS) is 17.4. The van der Waals surface area contributed by atoms with E-state index in [0.29, 0.717) is 6.42 Å². The van der Waals surface area contributed by atoms with Crippen LogP contribution in [0, 0.1) is 12.8 Å². The van der Waals surface area contributed by atoms with Gasteiger partial charge in [0.1, 0.15) is 0 Å². The number of nitrogens with two attached hydrogens (primary N) is 1. The third-order valence-electron chi connectivity index (χ3n) is 5.04. The molecule has 1 heterocycles. The van der Waals surface area contributed by atoms with Gasteiger partial charge in [0.25, 0.3) is 0 Å². The molecule has 0 saturated carbocycles. The Hall–Kier alpha value is -2.66. The molecule has 0 aromatic heterocycles. The topological polar surface area (TPSA) is 75.4 Å². The quantitative estimate of drug-likeness (QED) is 0.826. The zero-order chi connectivity index (χ0) is 19.2. The monoisotopic (exact) mass is 365 g/mol. The van der Waals surface area contributed by atoms with E-state index in [2.05, 4.69) is 10.2 Å². The number of piperidine rings is 1. The number of likely N-dealkylation sites (tertiary alicyclic amines) is 1. The third-order valence-corrected chi connectivity index (χ3v) is 5.04. The first-order valence-corrected chi connectivity index (χ1v) is 9.45. The van der Waals surface area contributed by atoms with Crippen LogP contribution in [-0.2, 0) is 22.6 Å². The number of rotatable bonds is 6. The number of aryl methyl sites for hydroxylation is 1. The van der Waals surface area contributed by atoms with Gasteiger partial charge in [0.2, 0.25) is 11.8 Å². The summed E-state index contributed by atoms with van der Waals surface area (Å²) in [6.07, 6.45) is 2.25. The molecule has 5 nitrogen and oxygen atoms in total. The van der Waals surface area contributed by atoms with Crippen molar-refractivity contribution in [2.24, 2.45) is 11.7 Å². The highest BCUT2D eigenvalue weighted by Gasteiger charge is 2.23. The third kappa shape index (κ3) is 5.66. The average Bonchev–Trinajstić information content (AvgIpc) is 2.65. The van der Waals surface area contributed by atoms with Gasteiger partial charge in [0.05, 0.1) is 12.3 Å². The van der Waals surface area contributed by atoms with Crippen molar-refractivity contribution in [2.75, 3.05) is 18.4 Å². The molecule has 1 aliphatic heterocycles. The molecular formula is C22H27N3O2. The molecule has 2 aromatic carbocycles. The molecule has 27 heavy (non-hydrogen) atoms. The van der Waals surface area contributed by atoms with Gasteiger partial charge in [-0.2, -0.15) is 0 Å². The second-order valence-corrected chi connectivity index (χ2v) is 7.38. The van der Waals surface area contributed by atoms with E-state index >= 15 is 0 Å². The molecule has 0 aliphatic carbocycles. The van der Waals surface area contributed by atoms with Gasteiger partial charge in [-0.15, -0.1) is 0 Å². The lowest BCUT2D eigenvalue weighted by Crippen LogP contribution is -2.40. The zero-order valence-electron chi connectivity index (χ0n) is 15.8. The molecule has 3 rings (SSSR count). The fourth-order valence-corrected chi connectivity index (χ4v) is 3.48. The number of carbonyl (C=O) groups is 2. The van der Waals surface area contributed by atoms with Crippen LogP contribution in [0.1, 0.15) is 29.5 Å². The van der Waals surface area contributed by atoms with Crippen LogP contribution < -0.4 is 11.1 Å². The summed E-state index contributed by atoms with van der Waals surface area (Å²) in [5.41, 5.74) is 9.59. The van der Waals surface area contributed by atoms with E-state index in [1.807, 2.05) is 55.5 Å². The van der Waals surface area contributed by atoms with E-state index in [-0.39, 0.29) is 17.7 Å². The number of hydrogen-bond acceptors (Lipinski definition) is 3. The van der Waals surface area contributed by atoms with E-state index in [0.717, 1.165) is 49.3 Å². The minimum absolute atomic E-state index is 0.0214. The highest BCUT2D eigenvalue weighted by atomic mass is 16.2. The van der Waals surface area contributed by atoms with E-state index in [1.165, 1.54) is 5.56 Å². The number of nitrogens with zero attached hydrogens (tertiary/aromatic N) is 1. The second kappa shape index (κ2) is 8.82. The molecule has 3 N–H and O–H groups in total. The second-order valence-electron chi connectivity index (χ2n) is 7.38. The molecule has 2 aromatic rings. The van der Waals surface area contributed by atoms with Gasteiger partial charge in [0.15, 0.2) is 0 Å². The Kier molecular flexibility index (Phi) is 6.24. The SMILES string of the molecule is Cc1ccc(CC(=O)Nc2ccc(CN3CCCC(C(N)=O)C3)cc2)cc1. The van der Waals surface area contributed by atoms with E-state index in [9.17, 15) is 9.59 Å². The highest BCUT2D eigenvalue weighted by molar-refractivity contribution is 5.92. The van der Waals surface area contributed by atoms with Gasteiger partial charge < -0.3 is 11.1 Å². The van der Waals surface area contributed by atoms with Gasteiger partial charge in [0, 0.05) is 18.8 Å². The summed E-state index contributed by atoms with van der Waals surface area (Å²) in [4.78, 5) is 25.9. The minimum Gasteiger partial charge on any atom is -0.369 e. The Morgan fingerprint density at radius 2 is 1.74 bits per heavy atom. The fourth-order valence-electron chi connectivity index (χ4n) is 3.48. The van der Waals surface area contributed by atoms with Crippen LogP contribution >= 0.6 is 0 Å². The maximum atomic E-state index is 12.2. The van der Waals surface area contributed by atoms with Gasteiger partial charge in [-0.1, -0.05) is 42.0 Å². The molecule has 5 heteroatoms. The number of benzene rings is 2. The first kappa shape index (κ1) is 19.1. The summed E-state index contributed by atoms with van der Waals surface area (Å²) in [5.74, 6) is -0.266. The summed E-state index contributed by atoms with van der Waals surface area (Å²) in [5, 5.41) is 2.94. The van der Waals surface area contributed by atoms with Crippen LogP contribution in [0.2, 0.25) is 0 Å². The molecular weight excluding hydrogens is 338 g/mol. The van der Waals surface area contributed by atoms with Crippen molar-refractivity contribution in [1.82, 2.24) is 4.90 Å². The number of amides is 2. The zero-order valence-corrected chi connectivity index (χ0v) is 15.8. The van der Waals surface area contributed by atoms with Crippen molar-refractivity contribution < 1.29 is 9.59 Å². The number of nitrogens with one attached hydrogen (secondary N) is 1. The lowest BCUT2D eigenvalue weighted by atomic mass is 9.97. The van der Waals surface area contributed by atoms with Crippen LogP contribution in [0.25, 0.3) is 0 Å². The molecule has 1 fully saturated rings. The summed E-state index contributed by atoms with van der Waals surface area (Å²) in [6.45, 7) is 4.54. The predicted molar refractivity (Wildman–Crippen MR) is 107 cm³/mol. The number of carbonyl (C=O) groups excluding carboxylic acids is 2.